The highest BCUT2D eigenvalue weighted by Crippen LogP contribution is 2.07. The van der Waals surface area contributed by atoms with Gasteiger partial charge in [0.05, 0.1) is 0 Å². The number of hydrogen-bond acceptors (Lipinski definition) is 3. The second kappa shape index (κ2) is 7.05. The van der Waals surface area contributed by atoms with E-state index in [1.807, 2.05) is 18.2 Å². The van der Waals surface area contributed by atoms with Gasteiger partial charge in [-0.15, -0.1) is 0 Å². The van der Waals surface area contributed by atoms with Gasteiger partial charge in [0.15, 0.2) is 0 Å². The number of nitrogens with two attached hydrogens (primary N) is 1. The van der Waals surface area contributed by atoms with Crippen LogP contribution in [0.3, 0.4) is 0 Å². The Morgan fingerprint density at radius 3 is 3.12 bits per heavy atom. The molecule has 0 aliphatic heterocycles. The smallest absolute Gasteiger partial charge is 0.265 e. The summed E-state index contributed by atoms with van der Waals surface area (Å²) in [5.41, 5.74) is 11.6. The minimum Gasteiger partial charge on any atom is -0.290 e. The maximum absolute atomic E-state index is 11.3. The monoisotopic (exact) mass is 231 g/mol. The lowest BCUT2D eigenvalue weighted by Crippen LogP contribution is -2.29. The molecule has 0 unspecified atom stereocenters. The van der Waals surface area contributed by atoms with E-state index in [2.05, 4.69) is 15.5 Å². The lowest BCUT2D eigenvalue weighted by atomic mass is 10.1. The van der Waals surface area contributed by atoms with E-state index in [1.54, 1.807) is 18.2 Å². The first-order valence-corrected chi connectivity index (χ1v) is 5.06. The van der Waals surface area contributed by atoms with E-state index in [0.29, 0.717) is 18.5 Å². The van der Waals surface area contributed by atoms with Crippen LogP contribution in [0.1, 0.15) is 22.3 Å². The minimum absolute atomic E-state index is 0.325. The van der Waals surface area contributed by atoms with Crippen LogP contribution in [0.25, 0.3) is 16.5 Å². The molecule has 88 valence electrons. The normalized spacial score (nSPS) is 9.94. The highest BCUT2D eigenvalue weighted by atomic mass is 16.2. The summed E-state index contributed by atoms with van der Waals surface area (Å²) in [7, 11) is 0. The predicted molar refractivity (Wildman–Crippen MR) is 65.8 cm³/mol. The van der Waals surface area contributed by atoms with Crippen molar-refractivity contribution in [2.45, 2.75) is 6.42 Å². The third kappa shape index (κ3) is 4.38. The van der Waals surface area contributed by atoms with Gasteiger partial charge in [-0.2, -0.15) is 0 Å². The predicted octanol–water partition coefficient (Wildman–Crippen LogP) is 2.00. The van der Waals surface area contributed by atoms with E-state index in [4.69, 9.17) is 11.4 Å². The summed E-state index contributed by atoms with van der Waals surface area (Å²) < 4.78 is 0. The summed E-state index contributed by atoms with van der Waals surface area (Å²) in [6.07, 6.45) is 4.41. The van der Waals surface area contributed by atoms with Gasteiger partial charge in [-0.05, 0) is 29.6 Å². The summed E-state index contributed by atoms with van der Waals surface area (Å²) in [5, 5.41) is 3.41. The Morgan fingerprint density at radius 2 is 2.41 bits per heavy atom. The highest BCUT2D eigenvalue weighted by molar-refractivity contribution is 5.94. The van der Waals surface area contributed by atoms with Crippen LogP contribution in [0.2, 0.25) is 0 Å². The Balaban J connectivity index is 2.65. The summed E-state index contributed by atoms with van der Waals surface area (Å²) in [5.74, 6) is 4.72. The van der Waals surface area contributed by atoms with Gasteiger partial charge in [0, 0.05) is 17.0 Å². The van der Waals surface area contributed by atoms with E-state index in [-0.39, 0.29) is 5.91 Å². The van der Waals surface area contributed by atoms with Gasteiger partial charge in [0.1, 0.15) is 0 Å². The molecule has 17 heavy (non-hydrogen) atoms. The average Bonchev–Trinajstić information content (AvgIpc) is 2.38. The molecule has 6 nitrogen and oxygen atoms in total. The number of hydrogen-bond donors (Lipinski definition) is 2. The van der Waals surface area contributed by atoms with Crippen LogP contribution >= 0.6 is 0 Å². The summed E-state index contributed by atoms with van der Waals surface area (Å²) in [4.78, 5) is 13.9. The second-order valence-corrected chi connectivity index (χ2v) is 3.24. The Hall–Kier alpha value is -2.30. The lowest BCUT2D eigenvalue weighted by molar-refractivity contribution is 0.0953. The Labute approximate surface area is 98.7 Å². The first-order chi connectivity index (χ1) is 8.27. The molecule has 0 radical (unpaired) electrons. The first kappa shape index (κ1) is 12.8. The van der Waals surface area contributed by atoms with Crippen LogP contribution in [-0.2, 0) is 0 Å². The number of nitrogens with one attached hydrogen (secondary N) is 1. The lowest BCUT2D eigenvalue weighted by Gasteiger charge is -2.00. The third-order valence-electron chi connectivity index (χ3n) is 2.05. The number of nitrogens with zero attached hydrogens (tertiary/aromatic N) is 3. The van der Waals surface area contributed by atoms with Crippen molar-refractivity contribution in [2.24, 2.45) is 11.0 Å². The number of nitrogen functional groups attached to an aromatic ring is 1. The van der Waals surface area contributed by atoms with Crippen LogP contribution in [0.4, 0.5) is 0 Å². The summed E-state index contributed by atoms with van der Waals surface area (Å²) in [6, 6.07) is 7.06. The molecule has 0 aliphatic carbocycles. The van der Waals surface area contributed by atoms with E-state index in [1.165, 1.54) is 0 Å². The van der Waals surface area contributed by atoms with Crippen LogP contribution in [0.15, 0.2) is 35.5 Å². The zero-order valence-corrected chi connectivity index (χ0v) is 9.21. The van der Waals surface area contributed by atoms with Gasteiger partial charge in [-0.25, -0.2) is 5.84 Å². The number of hydrazine groups is 1. The van der Waals surface area contributed by atoms with Crippen LogP contribution in [0.5, 0.6) is 0 Å². The van der Waals surface area contributed by atoms with Crippen LogP contribution in [-0.4, -0.2) is 12.5 Å². The summed E-state index contributed by atoms with van der Waals surface area (Å²) >= 11 is 0. The van der Waals surface area contributed by atoms with Crippen molar-refractivity contribution in [2.75, 3.05) is 6.54 Å². The van der Waals surface area contributed by atoms with E-state index in [9.17, 15) is 4.79 Å². The van der Waals surface area contributed by atoms with Crippen molar-refractivity contribution in [3.63, 3.8) is 0 Å². The SMILES string of the molecule is [N-]=[N+]=NCCC=Cc1cccc(C(=O)NN)c1. The molecular weight excluding hydrogens is 218 g/mol. The maximum atomic E-state index is 11.3. The minimum atomic E-state index is -0.325. The quantitative estimate of drug-likeness (QED) is 0.154. The molecule has 0 fully saturated rings. The van der Waals surface area contributed by atoms with Crippen LogP contribution < -0.4 is 11.3 Å². The topological polar surface area (TPSA) is 104 Å². The van der Waals surface area contributed by atoms with Crippen molar-refractivity contribution in [1.29, 1.82) is 0 Å². The van der Waals surface area contributed by atoms with Crippen LogP contribution in [0, 0.1) is 0 Å². The number of azide groups is 1. The van der Waals surface area contributed by atoms with E-state index in [0.717, 1.165) is 5.56 Å². The first-order valence-electron chi connectivity index (χ1n) is 5.06. The van der Waals surface area contributed by atoms with Crippen molar-refractivity contribution < 1.29 is 4.79 Å². The molecule has 0 bridgehead atoms. The Bertz CT molecular complexity index is 463. The zero-order valence-electron chi connectivity index (χ0n) is 9.21. The molecule has 0 saturated carbocycles. The Morgan fingerprint density at radius 1 is 1.59 bits per heavy atom. The van der Waals surface area contributed by atoms with Gasteiger partial charge in [0.2, 0.25) is 0 Å². The molecule has 1 aromatic rings. The number of benzene rings is 1. The highest BCUT2D eigenvalue weighted by Gasteiger charge is 2.01. The molecule has 0 saturated heterocycles. The largest absolute Gasteiger partial charge is 0.290 e. The number of carbonyl (C=O) groups excluding carboxylic acids is 1. The van der Waals surface area contributed by atoms with Crippen molar-refractivity contribution >= 4 is 12.0 Å². The zero-order chi connectivity index (χ0) is 12.5. The van der Waals surface area contributed by atoms with Crippen molar-refractivity contribution in [3.05, 3.63) is 51.9 Å². The third-order valence-corrected chi connectivity index (χ3v) is 2.05. The van der Waals surface area contributed by atoms with Gasteiger partial charge in [-0.1, -0.05) is 29.4 Å². The molecule has 1 aromatic carbocycles. The number of carbonyl (C=O) groups is 1. The van der Waals surface area contributed by atoms with Crippen molar-refractivity contribution in [1.82, 2.24) is 5.43 Å². The fraction of sp³-hybridized carbons (Fsp3) is 0.182. The molecule has 6 heteroatoms. The standard InChI is InChI=1S/C11H13N5O/c12-15-11(17)10-6-3-5-9(8-10)4-1-2-7-14-16-13/h1,3-6,8H,2,7,12H2,(H,15,17). The second-order valence-electron chi connectivity index (χ2n) is 3.24. The molecule has 1 amide bonds. The molecule has 0 atom stereocenters. The maximum Gasteiger partial charge on any atom is 0.265 e. The fourth-order valence-corrected chi connectivity index (χ4v) is 1.26. The van der Waals surface area contributed by atoms with Gasteiger partial charge < -0.3 is 0 Å². The summed E-state index contributed by atoms with van der Waals surface area (Å²) in [6.45, 7) is 0.427. The number of rotatable bonds is 5. The molecule has 0 aromatic heterocycles. The van der Waals surface area contributed by atoms with Gasteiger partial charge >= 0.3 is 0 Å². The van der Waals surface area contributed by atoms with Gasteiger partial charge in [-0.3, -0.25) is 10.2 Å². The fourth-order valence-electron chi connectivity index (χ4n) is 1.26. The Kier molecular flexibility index (Phi) is 5.30. The average molecular weight is 231 g/mol. The van der Waals surface area contributed by atoms with E-state index >= 15 is 0 Å². The molecule has 0 spiro atoms. The molecule has 0 aliphatic rings. The molecular formula is C11H13N5O. The molecule has 0 heterocycles. The number of amides is 1. The molecule has 1 rings (SSSR count). The molecule has 3 N–H and O–H groups in total. The van der Waals surface area contributed by atoms with E-state index < -0.39 is 0 Å². The van der Waals surface area contributed by atoms with Crippen molar-refractivity contribution in [3.8, 4) is 0 Å². The van der Waals surface area contributed by atoms with Gasteiger partial charge in [0.25, 0.3) is 5.91 Å².